The summed E-state index contributed by atoms with van der Waals surface area (Å²) in [4.78, 5) is 4.51. The van der Waals surface area contributed by atoms with E-state index in [1.165, 1.54) is 6.26 Å². The molecule has 0 saturated carbocycles. The highest BCUT2D eigenvalue weighted by molar-refractivity contribution is 14.0. The summed E-state index contributed by atoms with van der Waals surface area (Å²) < 4.78 is 24.4. The van der Waals surface area contributed by atoms with Gasteiger partial charge in [0.25, 0.3) is 0 Å². The topological polar surface area (TPSA) is 101 Å². The van der Waals surface area contributed by atoms with Crippen molar-refractivity contribution in [1.29, 1.82) is 0 Å². The van der Waals surface area contributed by atoms with Crippen molar-refractivity contribution in [2.75, 3.05) is 18.6 Å². The Bertz CT molecular complexity index is 805. The van der Waals surface area contributed by atoms with Crippen molar-refractivity contribution in [3.8, 4) is 0 Å². The number of aromatic nitrogens is 3. The van der Waals surface area contributed by atoms with Crippen molar-refractivity contribution in [2.45, 2.75) is 32.9 Å². The van der Waals surface area contributed by atoms with E-state index >= 15 is 0 Å². The average molecular weight is 480 g/mol. The highest BCUT2D eigenvalue weighted by Gasteiger charge is 2.10. The number of pyridine rings is 1. The fraction of sp³-hybridized carbons (Fsp3) is 0.533. The smallest absolute Gasteiger partial charge is 0.191 e. The maximum atomic E-state index is 11.3. The molecular formula is C15H25IN6O2S. The number of sulfone groups is 1. The van der Waals surface area contributed by atoms with E-state index in [-0.39, 0.29) is 35.8 Å². The summed E-state index contributed by atoms with van der Waals surface area (Å²) in [6.45, 7) is 5.00. The third-order valence-electron chi connectivity index (χ3n) is 3.41. The third kappa shape index (κ3) is 7.14. The number of nitrogens with zero attached hydrogens (tertiary/aromatic N) is 4. The minimum absolute atomic E-state index is 0. The Labute approximate surface area is 165 Å². The van der Waals surface area contributed by atoms with Gasteiger partial charge < -0.3 is 10.6 Å². The van der Waals surface area contributed by atoms with Crippen LogP contribution < -0.4 is 10.6 Å². The van der Waals surface area contributed by atoms with E-state index in [0.717, 1.165) is 11.5 Å². The van der Waals surface area contributed by atoms with Gasteiger partial charge in [-0.2, -0.15) is 0 Å². The lowest BCUT2D eigenvalue weighted by Gasteiger charge is -2.17. The molecule has 1 atom stereocenters. The average Bonchev–Trinajstić information content (AvgIpc) is 2.93. The lowest BCUT2D eigenvalue weighted by atomic mass is 10.3. The largest absolute Gasteiger partial charge is 0.357 e. The zero-order chi connectivity index (χ0) is 17.6. The Balaban J connectivity index is 0.00000312. The zero-order valence-electron chi connectivity index (χ0n) is 14.6. The van der Waals surface area contributed by atoms with Crippen molar-refractivity contribution in [3.05, 3.63) is 30.2 Å². The number of rotatable bonds is 7. The molecule has 0 saturated heterocycles. The molecule has 2 aromatic heterocycles. The molecule has 0 amide bonds. The van der Waals surface area contributed by atoms with E-state index in [2.05, 4.69) is 25.8 Å². The fourth-order valence-corrected chi connectivity index (χ4v) is 2.95. The molecule has 140 valence electrons. The molecule has 0 aliphatic carbocycles. The molecule has 2 aromatic rings. The Morgan fingerprint density at radius 2 is 2.12 bits per heavy atom. The molecule has 0 aliphatic rings. The van der Waals surface area contributed by atoms with E-state index in [9.17, 15) is 8.42 Å². The van der Waals surface area contributed by atoms with Crippen LogP contribution in [0.15, 0.2) is 29.4 Å². The van der Waals surface area contributed by atoms with Gasteiger partial charge in [0.2, 0.25) is 0 Å². The monoisotopic (exact) mass is 480 g/mol. The van der Waals surface area contributed by atoms with Crippen LogP contribution in [0.2, 0.25) is 0 Å². The molecule has 2 N–H and O–H groups in total. The van der Waals surface area contributed by atoms with Crippen LogP contribution in [0.1, 0.15) is 26.1 Å². The number of halogens is 1. The van der Waals surface area contributed by atoms with Crippen molar-refractivity contribution < 1.29 is 8.42 Å². The summed E-state index contributed by atoms with van der Waals surface area (Å²) in [7, 11) is -2.96. The molecular weight excluding hydrogens is 455 g/mol. The number of fused-ring (bicyclic) bond motifs is 1. The third-order valence-corrected chi connectivity index (χ3v) is 4.39. The van der Waals surface area contributed by atoms with Gasteiger partial charge in [-0.15, -0.1) is 34.2 Å². The van der Waals surface area contributed by atoms with E-state index in [4.69, 9.17) is 0 Å². The first kappa shape index (κ1) is 21.6. The lowest BCUT2D eigenvalue weighted by Crippen LogP contribution is -2.42. The van der Waals surface area contributed by atoms with Crippen LogP contribution >= 0.6 is 24.0 Å². The van der Waals surface area contributed by atoms with Crippen LogP contribution in [-0.2, 0) is 16.4 Å². The van der Waals surface area contributed by atoms with Crippen LogP contribution in [0.25, 0.3) is 5.65 Å². The predicted molar refractivity (Wildman–Crippen MR) is 110 cm³/mol. The summed E-state index contributed by atoms with van der Waals surface area (Å²) >= 11 is 0. The second-order valence-corrected chi connectivity index (χ2v) is 7.96. The molecule has 25 heavy (non-hydrogen) atoms. The van der Waals surface area contributed by atoms with Crippen molar-refractivity contribution in [3.63, 3.8) is 0 Å². The number of aliphatic imine (C=N–C) groups is 1. The van der Waals surface area contributed by atoms with Crippen molar-refractivity contribution in [1.82, 2.24) is 25.2 Å². The standard InChI is InChI=1S/C15H24N6O2S.HI/c1-4-16-15(18-12(2)8-10-24(3,22)23)17-11-14-20-19-13-7-5-6-9-21(13)14;/h5-7,9,12H,4,8,10-11H2,1-3H3,(H2,16,17,18);1H. The number of guanidine groups is 1. The summed E-state index contributed by atoms with van der Waals surface area (Å²) in [5.41, 5.74) is 0.780. The maximum Gasteiger partial charge on any atom is 0.191 e. The fourth-order valence-electron chi connectivity index (χ4n) is 2.16. The van der Waals surface area contributed by atoms with E-state index in [0.29, 0.717) is 25.5 Å². The van der Waals surface area contributed by atoms with Crippen LogP contribution in [0.3, 0.4) is 0 Å². The van der Waals surface area contributed by atoms with Gasteiger partial charge in [0.15, 0.2) is 17.4 Å². The van der Waals surface area contributed by atoms with Gasteiger partial charge in [-0.3, -0.25) is 4.40 Å². The normalized spacial score (nSPS) is 13.3. The van der Waals surface area contributed by atoms with Crippen LogP contribution in [0, 0.1) is 0 Å². The lowest BCUT2D eigenvalue weighted by molar-refractivity contribution is 0.581. The Morgan fingerprint density at radius 1 is 1.36 bits per heavy atom. The van der Waals surface area contributed by atoms with E-state index in [1.54, 1.807) is 0 Å². The molecule has 0 fully saturated rings. The van der Waals surface area contributed by atoms with Crippen LogP contribution in [-0.4, -0.2) is 53.6 Å². The Morgan fingerprint density at radius 3 is 2.80 bits per heavy atom. The Kier molecular flexibility index (Phi) is 8.56. The van der Waals surface area contributed by atoms with Gasteiger partial charge >= 0.3 is 0 Å². The van der Waals surface area contributed by atoms with Gasteiger partial charge in [-0.25, -0.2) is 13.4 Å². The molecule has 10 heteroatoms. The van der Waals surface area contributed by atoms with Gasteiger partial charge in [-0.1, -0.05) is 6.07 Å². The minimum Gasteiger partial charge on any atom is -0.357 e. The SMILES string of the molecule is CCNC(=NCc1nnc2ccccn12)NC(C)CCS(C)(=O)=O.I. The number of hydrogen-bond donors (Lipinski definition) is 2. The number of hydrogen-bond acceptors (Lipinski definition) is 5. The molecule has 2 rings (SSSR count). The quantitative estimate of drug-likeness (QED) is 0.351. The number of nitrogens with one attached hydrogen (secondary N) is 2. The van der Waals surface area contributed by atoms with Gasteiger partial charge in [0.1, 0.15) is 16.4 Å². The van der Waals surface area contributed by atoms with Gasteiger partial charge in [-0.05, 0) is 32.4 Å². The van der Waals surface area contributed by atoms with Crippen LogP contribution in [0.4, 0.5) is 0 Å². The first-order valence-corrected chi connectivity index (χ1v) is 9.96. The molecule has 0 bridgehead atoms. The molecule has 0 radical (unpaired) electrons. The van der Waals surface area contributed by atoms with E-state index < -0.39 is 9.84 Å². The first-order valence-electron chi connectivity index (χ1n) is 7.90. The molecule has 8 nitrogen and oxygen atoms in total. The first-order chi connectivity index (χ1) is 11.4. The molecule has 0 aliphatic heterocycles. The molecule has 1 unspecified atom stereocenters. The summed E-state index contributed by atoms with van der Waals surface area (Å²) in [6.07, 6.45) is 3.67. The second kappa shape index (κ2) is 9.90. The van der Waals surface area contributed by atoms with Crippen molar-refractivity contribution >= 4 is 45.4 Å². The van der Waals surface area contributed by atoms with Gasteiger partial charge in [0.05, 0.1) is 5.75 Å². The Hall–Kier alpha value is -1.43. The highest BCUT2D eigenvalue weighted by atomic mass is 127. The second-order valence-electron chi connectivity index (χ2n) is 5.70. The predicted octanol–water partition coefficient (Wildman–Crippen LogP) is 1.23. The minimum atomic E-state index is -2.96. The molecule has 0 spiro atoms. The summed E-state index contributed by atoms with van der Waals surface area (Å²) in [5, 5.41) is 14.6. The van der Waals surface area contributed by atoms with Crippen molar-refractivity contribution in [2.24, 2.45) is 4.99 Å². The highest BCUT2D eigenvalue weighted by Crippen LogP contribution is 2.04. The van der Waals surface area contributed by atoms with Crippen LogP contribution in [0.5, 0.6) is 0 Å². The molecule has 2 heterocycles. The van der Waals surface area contributed by atoms with Gasteiger partial charge in [0, 0.05) is 25.0 Å². The summed E-state index contributed by atoms with van der Waals surface area (Å²) in [6, 6.07) is 5.70. The zero-order valence-corrected chi connectivity index (χ0v) is 17.8. The summed E-state index contributed by atoms with van der Waals surface area (Å²) in [5.74, 6) is 1.52. The molecule has 0 aromatic carbocycles. The van der Waals surface area contributed by atoms with E-state index in [1.807, 2.05) is 42.6 Å². The maximum absolute atomic E-state index is 11.3.